The van der Waals surface area contributed by atoms with E-state index in [9.17, 15) is 0 Å². The summed E-state index contributed by atoms with van der Waals surface area (Å²) in [6.45, 7) is 7.52. The first-order valence-corrected chi connectivity index (χ1v) is 5.85. The molecular weight excluding hydrogens is 172 g/mol. The van der Waals surface area contributed by atoms with Crippen LogP contribution in [0.25, 0.3) is 0 Å². The average molecular weight is 194 g/mol. The van der Waals surface area contributed by atoms with E-state index < -0.39 is 0 Å². The van der Waals surface area contributed by atoms with Crippen LogP contribution in [0.5, 0.6) is 0 Å². The molecule has 0 saturated heterocycles. The van der Waals surface area contributed by atoms with Crippen LogP contribution >= 0.6 is 0 Å². The highest BCUT2D eigenvalue weighted by Crippen LogP contribution is 2.34. The maximum absolute atomic E-state index is 4.12. The summed E-state index contributed by atoms with van der Waals surface area (Å²) >= 11 is 0. The Bertz CT molecular complexity index is 204. The molecule has 0 radical (unpaired) electrons. The van der Waals surface area contributed by atoms with E-state index in [0.29, 0.717) is 0 Å². The molecule has 80 valence electrons. The first kappa shape index (κ1) is 10.2. The van der Waals surface area contributed by atoms with Crippen LogP contribution in [0.2, 0.25) is 0 Å². The minimum absolute atomic E-state index is 0.893. The third kappa shape index (κ3) is 3.10. The van der Waals surface area contributed by atoms with Crippen LogP contribution in [0.15, 0.2) is 12.2 Å². The summed E-state index contributed by atoms with van der Waals surface area (Å²) in [5.74, 6) is 1.01. The lowest BCUT2D eigenvalue weighted by atomic mass is 10.2. The summed E-state index contributed by atoms with van der Waals surface area (Å²) in [4.78, 5) is 2.65. The molecule has 0 aromatic heterocycles. The molecule has 0 spiro atoms. The fourth-order valence-corrected chi connectivity index (χ4v) is 2.01. The van der Waals surface area contributed by atoms with Gasteiger partial charge in [0.05, 0.1) is 0 Å². The molecule has 0 aliphatic heterocycles. The van der Waals surface area contributed by atoms with Crippen molar-refractivity contribution in [2.75, 3.05) is 26.7 Å². The molecule has 0 heterocycles. The van der Waals surface area contributed by atoms with Crippen molar-refractivity contribution in [3.05, 3.63) is 12.2 Å². The zero-order valence-electron chi connectivity index (χ0n) is 9.26. The predicted octanol–water partition coefficient (Wildman–Crippen LogP) is 1.64. The second-order valence-electron chi connectivity index (χ2n) is 4.88. The summed E-state index contributed by atoms with van der Waals surface area (Å²) in [5, 5.41) is 3.17. The quantitative estimate of drug-likeness (QED) is 0.620. The second kappa shape index (κ2) is 4.45. The number of hydrogen-bond donors (Lipinski definition) is 1. The van der Waals surface area contributed by atoms with Crippen molar-refractivity contribution in [3.8, 4) is 0 Å². The van der Waals surface area contributed by atoms with Crippen molar-refractivity contribution in [3.63, 3.8) is 0 Å². The minimum Gasteiger partial charge on any atom is -0.316 e. The van der Waals surface area contributed by atoms with Crippen LogP contribution in [0.3, 0.4) is 0 Å². The molecule has 2 heteroatoms. The van der Waals surface area contributed by atoms with Crippen molar-refractivity contribution in [1.82, 2.24) is 10.2 Å². The van der Waals surface area contributed by atoms with Crippen LogP contribution in [0.1, 0.15) is 25.7 Å². The van der Waals surface area contributed by atoms with E-state index in [1.807, 2.05) is 7.05 Å². The average Bonchev–Trinajstić information content (AvgIpc) is 3.00. The van der Waals surface area contributed by atoms with Gasteiger partial charge in [-0.3, -0.25) is 4.90 Å². The van der Waals surface area contributed by atoms with E-state index in [-0.39, 0.29) is 0 Å². The number of rotatable bonds is 7. The largest absolute Gasteiger partial charge is 0.316 e. The van der Waals surface area contributed by atoms with Gasteiger partial charge >= 0.3 is 0 Å². The van der Waals surface area contributed by atoms with Gasteiger partial charge in [-0.15, -0.1) is 0 Å². The van der Waals surface area contributed by atoms with E-state index in [1.165, 1.54) is 37.8 Å². The molecule has 2 fully saturated rings. The van der Waals surface area contributed by atoms with Gasteiger partial charge in [-0.2, -0.15) is 0 Å². The molecule has 0 amide bonds. The molecule has 2 nitrogen and oxygen atoms in total. The van der Waals surface area contributed by atoms with Gasteiger partial charge in [-0.25, -0.2) is 0 Å². The normalized spacial score (nSPS) is 21.6. The summed E-state index contributed by atoms with van der Waals surface area (Å²) in [7, 11) is 1.99. The third-order valence-electron chi connectivity index (χ3n) is 3.11. The number of nitrogens with zero attached hydrogens (tertiary/aromatic N) is 1. The van der Waals surface area contributed by atoms with Gasteiger partial charge in [0.25, 0.3) is 0 Å². The smallest absolute Gasteiger partial charge is 0.0205 e. The molecule has 0 aromatic rings. The van der Waals surface area contributed by atoms with Gasteiger partial charge in [0.2, 0.25) is 0 Å². The van der Waals surface area contributed by atoms with E-state index in [2.05, 4.69) is 16.8 Å². The number of nitrogens with one attached hydrogen (secondary N) is 1. The van der Waals surface area contributed by atoms with Crippen molar-refractivity contribution in [2.24, 2.45) is 5.92 Å². The molecule has 2 saturated carbocycles. The fourth-order valence-electron chi connectivity index (χ4n) is 2.01. The van der Waals surface area contributed by atoms with Crippen molar-refractivity contribution < 1.29 is 0 Å². The van der Waals surface area contributed by atoms with Gasteiger partial charge in [-0.05, 0) is 44.2 Å². The molecule has 0 aromatic carbocycles. The Morgan fingerprint density at radius 1 is 1.36 bits per heavy atom. The summed E-state index contributed by atoms with van der Waals surface area (Å²) in [6, 6.07) is 0.893. The lowest BCUT2D eigenvalue weighted by molar-refractivity contribution is 0.272. The predicted molar refractivity (Wildman–Crippen MR) is 60.4 cm³/mol. The Labute approximate surface area is 87.4 Å². The second-order valence-corrected chi connectivity index (χ2v) is 4.88. The van der Waals surface area contributed by atoms with E-state index in [0.717, 1.165) is 25.0 Å². The minimum atomic E-state index is 0.893. The lowest BCUT2D eigenvalue weighted by Gasteiger charge is -2.22. The van der Waals surface area contributed by atoms with Gasteiger partial charge in [0.15, 0.2) is 0 Å². The first-order chi connectivity index (χ1) is 6.79. The standard InChI is InChI=1S/C12H22N2/c1-10(7-13-2)8-14(12-5-6-12)9-11-3-4-11/h11-13H,1,3-9H2,2H3. The molecule has 14 heavy (non-hydrogen) atoms. The molecule has 2 aliphatic rings. The van der Waals surface area contributed by atoms with E-state index in [4.69, 9.17) is 0 Å². The van der Waals surface area contributed by atoms with Crippen molar-refractivity contribution in [1.29, 1.82) is 0 Å². The highest BCUT2D eigenvalue weighted by Gasteiger charge is 2.33. The summed E-state index contributed by atoms with van der Waals surface area (Å²) in [6.07, 6.45) is 5.75. The molecule has 2 aliphatic carbocycles. The van der Waals surface area contributed by atoms with Crippen molar-refractivity contribution >= 4 is 0 Å². The Morgan fingerprint density at radius 2 is 2.07 bits per heavy atom. The van der Waals surface area contributed by atoms with Gasteiger partial charge in [0, 0.05) is 25.7 Å². The highest BCUT2D eigenvalue weighted by atomic mass is 15.2. The molecule has 0 atom stereocenters. The monoisotopic (exact) mass is 194 g/mol. The summed E-state index contributed by atoms with van der Waals surface area (Å²) < 4.78 is 0. The molecule has 0 unspecified atom stereocenters. The lowest BCUT2D eigenvalue weighted by Crippen LogP contribution is -2.32. The maximum Gasteiger partial charge on any atom is 0.0205 e. The van der Waals surface area contributed by atoms with E-state index in [1.54, 1.807) is 0 Å². The SMILES string of the molecule is C=C(CNC)CN(CC1CC1)C1CC1. The Hall–Kier alpha value is -0.340. The van der Waals surface area contributed by atoms with Crippen LogP contribution in [-0.4, -0.2) is 37.6 Å². The van der Waals surface area contributed by atoms with Crippen LogP contribution in [0, 0.1) is 5.92 Å². The van der Waals surface area contributed by atoms with Gasteiger partial charge < -0.3 is 5.32 Å². The zero-order valence-corrected chi connectivity index (χ0v) is 9.26. The molecule has 1 N–H and O–H groups in total. The number of likely N-dealkylation sites (N-methyl/N-ethyl adjacent to an activating group) is 1. The van der Waals surface area contributed by atoms with Gasteiger partial charge in [-0.1, -0.05) is 6.58 Å². The van der Waals surface area contributed by atoms with Gasteiger partial charge in [0.1, 0.15) is 0 Å². The Kier molecular flexibility index (Phi) is 3.24. The zero-order chi connectivity index (χ0) is 9.97. The van der Waals surface area contributed by atoms with Crippen LogP contribution in [0.4, 0.5) is 0 Å². The van der Waals surface area contributed by atoms with Crippen LogP contribution < -0.4 is 5.32 Å². The Balaban J connectivity index is 1.74. The summed E-state index contributed by atoms with van der Waals surface area (Å²) in [5.41, 5.74) is 1.33. The maximum atomic E-state index is 4.12. The van der Waals surface area contributed by atoms with Crippen LogP contribution in [-0.2, 0) is 0 Å². The Morgan fingerprint density at radius 3 is 2.57 bits per heavy atom. The van der Waals surface area contributed by atoms with Crippen molar-refractivity contribution in [2.45, 2.75) is 31.7 Å². The third-order valence-corrected chi connectivity index (χ3v) is 3.11. The van der Waals surface area contributed by atoms with E-state index >= 15 is 0 Å². The molecule has 2 rings (SSSR count). The topological polar surface area (TPSA) is 15.3 Å². The molecular formula is C12H22N2. The highest BCUT2D eigenvalue weighted by molar-refractivity contribution is 5.03. The first-order valence-electron chi connectivity index (χ1n) is 5.85. The molecule has 0 bridgehead atoms. The number of hydrogen-bond acceptors (Lipinski definition) is 2. The fraction of sp³-hybridized carbons (Fsp3) is 0.833.